The molecule has 2 aromatic carbocycles. The number of benzene rings is 2. The van der Waals surface area contributed by atoms with Crippen molar-refractivity contribution >= 4 is 35.6 Å². The number of hydrogen-bond acceptors (Lipinski definition) is 2. The first-order valence-electron chi connectivity index (χ1n) is 7.93. The van der Waals surface area contributed by atoms with Gasteiger partial charge in [0.25, 0.3) is 0 Å². The molecule has 2 aromatic rings. The summed E-state index contributed by atoms with van der Waals surface area (Å²) in [6.07, 6.45) is 4.26. The molecule has 126 valence electrons. The maximum atomic E-state index is 3.90. The fourth-order valence-corrected chi connectivity index (χ4v) is 3.35. The zero-order chi connectivity index (χ0) is 14.5. The van der Waals surface area contributed by atoms with Gasteiger partial charge in [-0.25, -0.2) is 0 Å². The van der Waals surface area contributed by atoms with Crippen LogP contribution in [-0.4, -0.2) is 31.1 Å². The Morgan fingerprint density at radius 2 is 1.74 bits per heavy atom. The first kappa shape index (κ1) is 20.0. The zero-order valence-corrected chi connectivity index (χ0v) is 15.0. The lowest BCUT2D eigenvalue weighted by molar-refractivity contribution is 0.167. The van der Waals surface area contributed by atoms with E-state index in [2.05, 4.69) is 59.3 Å². The molecule has 1 aliphatic heterocycles. The highest BCUT2D eigenvalue weighted by molar-refractivity contribution is 5.86. The molecule has 1 saturated heterocycles. The van der Waals surface area contributed by atoms with Crippen molar-refractivity contribution in [2.24, 2.45) is 0 Å². The summed E-state index contributed by atoms with van der Waals surface area (Å²) in [5, 5.41) is 6.19. The third kappa shape index (κ3) is 4.71. The van der Waals surface area contributed by atoms with Crippen LogP contribution in [-0.2, 0) is 0 Å². The highest BCUT2D eigenvalue weighted by atomic mass is 35.5. The minimum Gasteiger partial charge on any atom is -0.314 e. The topological polar surface area (TPSA) is 15.3 Å². The number of hydrogen-bond donors (Lipinski definition) is 1. The average molecular weight is 353 g/mol. The maximum Gasteiger partial charge on any atom is 0.0358 e. The summed E-state index contributed by atoms with van der Waals surface area (Å²) < 4.78 is 0. The predicted octanol–water partition coefficient (Wildman–Crippen LogP) is 4.60. The molecule has 0 saturated carbocycles. The van der Waals surface area contributed by atoms with Gasteiger partial charge in [-0.05, 0) is 29.2 Å². The minimum atomic E-state index is 0. The van der Waals surface area contributed by atoms with Crippen molar-refractivity contribution in [3.05, 3.63) is 60.7 Å². The molecular weight excluding hydrogens is 327 g/mol. The van der Waals surface area contributed by atoms with E-state index in [1.807, 2.05) is 6.08 Å². The molecule has 0 radical (unpaired) electrons. The van der Waals surface area contributed by atoms with Crippen molar-refractivity contribution < 1.29 is 0 Å². The molecule has 0 aliphatic carbocycles. The molecule has 0 aromatic heterocycles. The molecule has 23 heavy (non-hydrogen) atoms. The zero-order valence-electron chi connectivity index (χ0n) is 13.4. The van der Waals surface area contributed by atoms with Crippen LogP contribution in [0.3, 0.4) is 0 Å². The van der Waals surface area contributed by atoms with Crippen LogP contribution >= 0.6 is 24.8 Å². The van der Waals surface area contributed by atoms with Gasteiger partial charge in [0.05, 0.1) is 0 Å². The molecule has 4 heteroatoms. The second kappa shape index (κ2) is 9.94. The minimum absolute atomic E-state index is 0. The second-order valence-corrected chi connectivity index (χ2v) is 5.74. The molecule has 2 nitrogen and oxygen atoms in total. The van der Waals surface area contributed by atoms with Gasteiger partial charge in [0.2, 0.25) is 0 Å². The van der Waals surface area contributed by atoms with E-state index in [1.54, 1.807) is 0 Å². The lowest BCUT2D eigenvalue weighted by Crippen LogP contribution is -2.45. The lowest BCUT2D eigenvalue weighted by atomic mass is 9.94. The Morgan fingerprint density at radius 3 is 2.48 bits per heavy atom. The standard InChI is InChI=1S/C19H24N2.2ClH/c1-2-3-11-19(21-14-12-20-13-15-21)18-10-6-8-16-7-4-5-9-17(16)18;;/h2,4-10,19-20H,1,3,11-15H2;2*1H/t19-;;/m0../s1. The van der Waals surface area contributed by atoms with E-state index >= 15 is 0 Å². The van der Waals surface area contributed by atoms with E-state index < -0.39 is 0 Å². The Balaban J connectivity index is 0.00000132. The molecule has 1 atom stereocenters. The molecule has 0 amide bonds. The van der Waals surface area contributed by atoms with Crippen LogP contribution in [0.2, 0.25) is 0 Å². The van der Waals surface area contributed by atoms with Crippen molar-refractivity contribution in [3.8, 4) is 0 Å². The number of nitrogens with zero attached hydrogens (tertiary/aromatic N) is 1. The summed E-state index contributed by atoms with van der Waals surface area (Å²) in [6, 6.07) is 15.9. The molecule has 0 unspecified atom stereocenters. The van der Waals surface area contributed by atoms with Crippen molar-refractivity contribution in [2.75, 3.05) is 26.2 Å². The smallest absolute Gasteiger partial charge is 0.0358 e. The van der Waals surface area contributed by atoms with Gasteiger partial charge in [0, 0.05) is 32.2 Å². The van der Waals surface area contributed by atoms with E-state index in [0.717, 1.165) is 39.0 Å². The molecule has 1 fully saturated rings. The van der Waals surface area contributed by atoms with Gasteiger partial charge in [0.15, 0.2) is 0 Å². The fraction of sp³-hybridized carbons (Fsp3) is 0.368. The summed E-state index contributed by atoms with van der Waals surface area (Å²) in [5.41, 5.74) is 1.47. The van der Waals surface area contributed by atoms with Gasteiger partial charge in [0.1, 0.15) is 0 Å². The quantitative estimate of drug-likeness (QED) is 0.791. The number of nitrogens with one attached hydrogen (secondary N) is 1. The normalized spacial score (nSPS) is 16.2. The van der Waals surface area contributed by atoms with Gasteiger partial charge < -0.3 is 5.32 Å². The number of rotatable bonds is 5. The number of fused-ring (bicyclic) bond motifs is 1. The van der Waals surface area contributed by atoms with Crippen LogP contribution in [0.15, 0.2) is 55.1 Å². The first-order valence-corrected chi connectivity index (χ1v) is 7.93. The Morgan fingerprint density at radius 1 is 1.04 bits per heavy atom. The highest BCUT2D eigenvalue weighted by Crippen LogP contribution is 2.31. The van der Waals surface area contributed by atoms with Crippen molar-refractivity contribution in [1.82, 2.24) is 10.2 Å². The van der Waals surface area contributed by atoms with Crippen LogP contribution in [0.1, 0.15) is 24.4 Å². The summed E-state index contributed by atoms with van der Waals surface area (Å²) in [6.45, 7) is 8.35. The van der Waals surface area contributed by atoms with E-state index in [9.17, 15) is 0 Å². The lowest BCUT2D eigenvalue weighted by Gasteiger charge is -2.35. The van der Waals surface area contributed by atoms with Crippen molar-refractivity contribution in [2.45, 2.75) is 18.9 Å². The van der Waals surface area contributed by atoms with Gasteiger partial charge in [-0.3, -0.25) is 4.90 Å². The number of halogens is 2. The van der Waals surface area contributed by atoms with Crippen LogP contribution in [0, 0.1) is 0 Å². The van der Waals surface area contributed by atoms with Crippen molar-refractivity contribution in [3.63, 3.8) is 0 Å². The van der Waals surface area contributed by atoms with Crippen LogP contribution in [0.5, 0.6) is 0 Å². The maximum absolute atomic E-state index is 3.90. The van der Waals surface area contributed by atoms with E-state index in [0.29, 0.717) is 6.04 Å². The fourth-order valence-electron chi connectivity index (χ4n) is 3.35. The first-order chi connectivity index (χ1) is 10.4. The Bertz CT molecular complexity index is 604. The van der Waals surface area contributed by atoms with E-state index in [-0.39, 0.29) is 24.8 Å². The number of allylic oxidation sites excluding steroid dienone is 1. The molecule has 1 N–H and O–H groups in total. The van der Waals surface area contributed by atoms with E-state index in [4.69, 9.17) is 0 Å². The Labute approximate surface area is 151 Å². The molecule has 0 bridgehead atoms. The van der Waals surface area contributed by atoms with Gasteiger partial charge in [-0.15, -0.1) is 31.4 Å². The molecule has 3 rings (SSSR count). The Kier molecular flexibility index (Phi) is 8.64. The van der Waals surface area contributed by atoms with Crippen molar-refractivity contribution in [1.29, 1.82) is 0 Å². The molecule has 1 heterocycles. The average Bonchev–Trinajstić information content (AvgIpc) is 2.56. The van der Waals surface area contributed by atoms with Crippen LogP contribution < -0.4 is 5.32 Å². The van der Waals surface area contributed by atoms with Crippen LogP contribution in [0.4, 0.5) is 0 Å². The summed E-state index contributed by atoms with van der Waals surface area (Å²) in [4.78, 5) is 2.63. The number of piperazine rings is 1. The van der Waals surface area contributed by atoms with Gasteiger partial charge in [-0.1, -0.05) is 48.5 Å². The third-order valence-corrected chi connectivity index (χ3v) is 4.42. The predicted molar refractivity (Wildman–Crippen MR) is 105 cm³/mol. The summed E-state index contributed by atoms with van der Waals surface area (Å²) in [5.74, 6) is 0. The summed E-state index contributed by atoms with van der Waals surface area (Å²) >= 11 is 0. The van der Waals surface area contributed by atoms with Gasteiger partial charge >= 0.3 is 0 Å². The summed E-state index contributed by atoms with van der Waals surface area (Å²) in [7, 11) is 0. The molecular formula is C19H26Cl2N2. The molecule has 0 spiro atoms. The molecule has 1 aliphatic rings. The van der Waals surface area contributed by atoms with E-state index in [1.165, 1.54) is 16.3 Å². The Hall–Kier alpha value is -1.06. The SMILES string of the molecule is C=CCC[C@@H](c1cccc2ccccc12)N1CCNCC1.Cl.Cl. The largest absolute Gasteiger partial charge is 0.314 e. The van der Waals surface area contributed by atoms with Crippen LogP contribution in [0.25, 0.3) is 10.8 Å². The third-order valence-electron chi connectivity index (χ3n) is 4.42. The van der Waals surface area contributed by atoms with Gasteiger partial charge in [-0.2, -0.15) is 0 Å². The second-order valence-electron chi connectivity index (χ2n) is 5.74. The monoisotopic (exact) mass is 352 g/mol. The highest BCUT2D eigenvalue weighted by Gasteiger charge is 2.22.